The number of nitrogens with zero attached hydrogens (tertiary/aromatic N) is 2. The standard InChI is InChI=1S/C31H33N3O2/c1-22-10-9-11-23(2)29(22)31(36)34-20-26-18-33(19-27(26)21-34)17-16-28(24-12-5-3-6-13-24)32-30(35)25-14-7-4-8-15-25/h3-15,20,27-28H,16-19,21H2,1-2H3,(H,32,35)/t27?,28-/m0/s1. The van der Waals surface area contributed by atoms with E-state index in [0.29, 0.717) is 11.5 Å². The van der Waals surface area contributed by atoms with Crippen molar-refractivity contribution in [3.63, 3.8) is 0 Å². The largest absolute Gasteiger partial charge is 0.345 e. The summed E-state index contributed by atoms with van der Waals surface area (Å²) in [5, 5.41) is 3.24. The zero-order valence-corrected chi connectivity index (χ0v) is 21.0. The van der Waals surface area contributed by atoms with Crippen molar-refractivity contribution in [3.8, 4) is 0 Å². The van der Waals surface area contributed by atoms with E-state index in [2.05, 4.69) is 28.5 Å². The molecule has 0 bridgehead atoms. The van der Waals surface area contributed by atoms with Crippen LogP contribution in [0, 0.1) is 19.8 Å². The van der Waals surface area contributed by atoms with Crippen LogP contribution in [-0.4, -0.2) is 47.8 Å². The number of carbonyl (C=O) groups excluding carboxylic acids is 2. The van der Waals surface area contributed by atoms with Crippen molar-refractivity contribution in [2.75, 3.05) is 26.2 Å². The van der Waals surface area contributed by atoms with Crippen LogP contribution in [0.25, 0.3) is 0 Å². The Kier molecular flexibility index (Phi) is 7.01. The molecule has 1 N–H and O–H groups in total. The van der Waals surface area contributed by atoms with Crippen LogP contribution >= 0.6 is 0 Å². The predicted octanol–water partition coefficient (Wildman–Crippen LogP) is 5.14. The molecular formula is C31H33N3O2. The minimum Gasteiger partial charge on any atom is -0.345 e. The zero-order chi connectivity index (χ0) is 25.1. The van der Waals surface area contributed by atoms with Crippen LogP contribution in [0.3, 0.4) is 0 Å². The van der Waals surface area contributed by atoms with Crippen molar-refractivity contribution >= 4 is 11.8 Å². The summed E-state index contributed by atoms with van der Waals surface area (Å²) < 4.78 is 0. The maximum absolute atomic E-state index is 13.2. The maximum atomic E-state index is 13.2. The molecule has 0 saturated carbocycles. The van der Waals surface area contributed by atoms with Crippen LogP contribution in [-0.2, 0) is 0 Å². The average Bonchev–Trinajstić information content (AvgIpc) is 3.46. The molecule has 5 nitrogen and oxygen atoms in total. The van der Waals surface area contributed by atoms with Gasteiger partial charge in [0.1, 0.15) is 0 Å². The molecule has 2 aliphatic rings. The summed E-state index contributed by atoms with van der Waals surface area (Å²) in [5.41, 5.74) is 6.01. The highest BCUT2D eigenvalue weighted by molar-refractivity contribution is 5.98. The molecule has 1 fully saturated rings. The van der Waals surface area contributed by atoms with Crippen molar-refractivity contribution in [2.45, 2.75) is 26.3 Å². The minimum atomic E-state index is -0.0598. The summed E-state index contributed by atoms with van der Waals surface area (Å²) in [4.78, 5) is 30.4. The van der Waals surface area contributed by atoms with E-state index in [9.17, 15) is 9.59 Å². The first-order chi connectivity index (χ1) is 17.5. The number of hydrogen-bond acceptors (Lipinski definition) is 3. The third-order valence-electron chi connectivity index (χ3n) is 7.38. The SMILES string of the molecule is Cc1cccc(C)c1C(=O)N1C=C2CN(CC[C@H](NC(=O)c3ccccc3)c3ccccc3)CC2C1. The molecule has 2 amide bonds. The smallest absolute Gasteiger partial charge is 0.258 e. The first kappa shape index (κ1) is 24.0. The molecule has 3 aromatic carbocycles. The highest BCUT2D eigenvalue weighted by atomic mass is 16.2. The first-order valence-electron chi connectivity index (χ1n) is 12.7. The number of carbonyl (C=O) groups is 2. The van der Waals surface area contributed by atoms with Gasteiger partial charge in [-0.1, -0.05) is 66.7 Å². The Morgan fingerprint density at radius 1 is 0.889 bits per heavy atom. The molecule has 3 aromatic rings. The molecule has 5 rings (SSSR count). The van der Waals surface area contributed by atoms with Gasteiger partial charge in [0.05, 0.1) is 6.04 Å². The van der Waals surface area contributed by atoms with E-state index in [-0.39, 0.29) is 17.9 Å². The molecule has 1 saturated heterocycles. The Morgan fingerprint density at radius 2 is 1.56 bits per heavy atom. The molecule has 1 unspecified atom stereocenters. The number of amides is 2. The van der Waals surface area contributed by atoms with Gasteiger partial charge < -0.3 is 10.2 Å². The fraction of sp³-hybridized carbons (Fsp3) is 0.290. The number of nitrogens with one attached hydrogen (secondary N) is 1. The number of rotatable bonds is 7. The molecule has 0 radical (unpaired) electrons. The normalized spacial score (nSPS) is 18.0. The molecule has 2 atom stereocenters. The van der Waals surface area contributed by atoms with Crippen molar-refractivity contribution < 1.29 is 9.59 Å². The van der Waals surface area contributed by atoms with E-state index in [1.165, 1.54) is 5.57 Å². The first-order valence-corrected chi connectivity index (χ1v) is 12.7. The molecule has 2 heterocycles. The van der Waals surface area contributed by atoms with Gasteiger partial charge in [0, 0.05) is 49.4 Å². The van der Waals surface area contributed by atoms with Gasteiger partial charge in [-0.3, -0.25) is 14.5 Å². The van der Waals surface area contributed by atoms with Crippen molar-refractivity contribution in [3.05, 3.63) is 118 Å². The van der Waals surface area contributed by atoms with Crippen LogP contribution in [0.15, 0.2) is 90.6 Å². The highest BCUT2D eigenvalue weighted by Gasteiger charge is 2.36. The van der Waals surface area contributed by atoms with Gasteiger partial charge in [0.2, 0.25) is 0 Å². The Bertz CT molecular complexity index is 1250. The lowest BCUT2D eigenvalue weighted by Crippen LogP contribution is -2.33. The zero-order valence-electron chi connectivity index (χ0n) is 21.0. The second-order valence-corrected chi connectivity index (χ2v) is 9.95. The lowest BCUT2D eigenvalue weighted by Gasteiger charge is -2.24. The Hall–Kier alpha value is -3.70. The van der Waals surface area contributed by atoms with Gasteiger partial charge >= 0.3 is 0 Å². The predicted molar refractivity (Wildman–Crippen MR) is 143 cm³/mol. The number of aryl methyl sites for hydroxylation is 2. The van der Waals surface area contributed by atoms with E-state index < -0.39 is 0 Å². The van der Waals surface area contributed by atoms with Crippen LogP contribution in [0.4, 0.5) is 0 Å². The highest BCUT2D eigenvalue weighted by Crippen LogP contribution is 2.32. The van der Waals surface area contributed by atoms with Crippen LogP contribution in [0.1, 0.15) is 49.9 Å². The monoisotopic (exact) mass is 479 g/mol. The van der Waals surface area contributed by atoms with E-state index in [0.717, 1.165) is 54.9 Å². The van der Waals surface area contributed by atoms with Gasteiger partial charge in [-0.05, 0) is 54.7 Å². The second kappa shape index (κ2) is 10.5. The van der Waals surface area contributed by atoms with Gasteiger partial charge in [-0.25, -0.2) is 0 Å². The molecular weight excluding hydrogens is 446 g/mol. The maximum Gasteiger partial charge on any atom is 0.258 e. The Balaban J connectivity index is 1.22. The van der Waals surface area contributed by atoms with Crippen LogP contribution in [0.2, 0.25) is 0 Å². The average molecular weight is 480 g/mol. The van der Waals surface area contributed by atoms with E-state index in [4.69, 9.17) is 0 Å². The van der Waals surface area contributed by atoms with Gasteiger partial charge in [-0.15, -0.1) is 0 Å². The third kappa shape index (κ3) is 5.12. The number of hydrogen-bond donors (Lipinski definition) is 1. The molecule has 0 spiro atoms. The quantitative estimate of drug-likeness (QED) is 0.511. The van der Waals surface area contributed by atoms with E-state index >= 15 is 0 Å². The van der Waals surface area contributed by atoms with Crippen LogP contribution < -0.4 is 5.32 Å². The summed E-state index contributed by atoms with van der Waals surface area (Å²) in [6.07, 6.45) is 2.90. The van der Waals surface area contributed by atoms with Crippen molar-refractivity contribution in [1.29, 1.82) is 0 Å². The van der Waals surface area contributed by atoms with Gasteiger partial charge in [0.15, 0.2) is 0 Å². The van der Waals surface area contributed by atoms with Gasteiger partial charge in [0.25, 0.3) is 11.8 Å². The number of fused-ring (bicyclic) bond motifs is 1. The second-order valence-electron chi connectivity index (χ2n) is 9.95. The molecule has 0 aromatic heterocycles. The van der Waals surface area contributed by atoms with Crippen molar-refractivity contribution in [1.82, 2.24) is 15.1 Å². The summed E-state index contributed by atoms with van der Waals surface area (Å²) in [6.45, 7) is 7.45. The molecule has 36 heavy (non-hydrogen) atoms. The molecule has 0 aliphatic carbocycles. The molecule has 5 heteroatoms. The lowest BCUT2D eigenvalue weighted by atomic mass is 10.0. The van der Waals surface area contributed by atoms with Gasteiger partial charge in [-0.2, -0.15) is 0 Å². The topological polar surface area (TPSA) is 52.7 Å². The lowest BCUT2D eigenvalue weighted by molar-refractivity contribution is 0.0819. The van der Waals surface area contributed by atoms with Crippen LogP contribution in [0.5, 0.6) is 0 Å². The number of likely N-dealkylation sites (tertiary alicyclic amines) is 1. The summed E-state index contributed by atoms with van der Waals surface area (Å²) in [5.74, 6) is 0.435. The van der Waals surface area contributed by atoms with E-state index in [1.807, 2.05) is 85.5 Å². The third-order valence-corrected chi connectivity index (χ3v) is 7.38. The summed E-state index contributed by atoms with van der Waals surface area (Å²) in [7, 11) is 0. The molecule has 2 aliphatic heterocycles. The van der Waals surface area contributed by atoms with Crippen molar-refractivity contribution in [2.24, 2.45) is 5.92 Å². The Labute approximate surface area is 213 Å². The Morgan fingerprint density at radius 3 is 2.22 bits per heavy atom. The summed E-state index contributed by atoms with van der Waals surface area (Å²) >= 11 is 0. The minimum absolute atomic E-state index is 0.0499. The van der Waals surface area contributed by atoms with E-state index in [1.54, 1.807) is 0 Å². The summed E-state index contributed by atoms with van der Waals surface area (Å²) in [6, 6.07) is 25.5. The fourth-order valence-electron chi connectivity index (χ4n) is 5.45. The molecule has 184 valence electrons. The number of benzene rings is 3. The fourth-order valence-corrected chi connectivity index (χ4v) is 5.45.